The lowest BCUT2D eigenvalue weighted by molar-refractivity contribution is 0.0383. The highest BCUT2D eigenvalue weighted by Crippen LogP contribution is 2.22. The molecule has 114 valence electrons. The molecule has 0 spiro atoms. The van der Waals surface area contributed by atoms with E-state index in [9.17, 15) is 5.11 Å². The van der Waals surface area contributed by atoms with Crippen LogP contribution in [0.1, 0.15) is 59.1 Å². The van der Waals surface area contributed by atoms with Crippen LogP contribution >= 0.6 is 0 Å². The lowest BCUT2D eigenvalue weighted by Gasteiger charge is -2.25. The molecule has 0 aliphatic heterocycles. The van der Waals surface area contributed by atoms with E-state index in [1.807, 2.05) is 6.92 Å². The summed E-state index contributed by atoms with van der Waals surface area (Å²) < 4.78 is 0. The van der Waals surface area contributed by atoms with Crippen molar-refractivity contribution >= 4 is 0 Å². The summed E-state index contributed by atoms with van der Waals surface area (Å²) in [5.41, 5.74) is 2.19. The molecule has 2 heteroatoms. The summed E-state index contributed by atoms with van der Waals surface area (Å²) in [5.74, 6) is 0.512. The van der Waals surface area contributed by atoms with Crippen LogP contribution in [0.4, 0.5) is 0 Å². The van der Waals surface area contributed by atoms with Gasteiger partial charge in [-0.1, -0.05) is 58.9 Å². The molecule has 0 aliphatic carbocycles. The SMILES string of the molecule is CC(C)CC(C)(O)CNCc1ccc(C(C)(C)C)cc1. The van der Waals surface area contributed by atoms with Gasteiger partial charge in [0.2, 0.25) is 0 Å². The average molecular weight is 277 g/mol. The molecule has 2 N–H and O–H groups in total. The van der Waals surface area contributed by atoms with Gasteiger partial charge in [-0.15, -0.1) is 0 Å². The van der Waals surface area contributed by atoms with Crippen molar-refractivity contribution < 1.29 is 5.11 Å². The number of rotatable bonds is 6. The van der Waals surface area contributed by atoms with Gasteiger partial charge < -0.3 is 10.4 Å². The molecule has 1 aromatic carbocycles. The Bertz CT molecular complexity index is 398. The van der Waals surface area contributed by atoms with Crippen molar-refractivity contribution in [3.05, 3.63) is 35.4 Å². The van der Waals surface area contributed by atoms with E-state index in [0.717, 1.165) is 13.0 Å². The molecule has 0 aliphatic rings. The minimum absolute atomic E-state index is 0.201. The molecule has 1 unspecified atom stereocenters. The summed E-state index contributed by atoms with van der Waals surface area (Å²) in [6.45, 7) is 14.3. The topological polar surface area (TPSA) is 32.3 Å². The van der Waals surface area contributed by atoms with Gasteiger partial charge in [0.15, 0.2) is 0 Å². The second-order valence-electron chi connectivity index (χ2n) is 7.65. The Labute approximate surface area is 124 Å². The van der Waals surface area contributed by atoms with E-state index in [0.29, 0.717) is 12.5 Å². The van der Waals surface area contributed by atoms with Crippen LogP contribution in [-0.2, 0) is 12.0 Å². The molecule has 0 fully saturated rings. The second kappa shape index (κ2) is 6.73. The Balaban J connectivity index is 2.47. The fourth-order valence-corrected chi connectivity index (χ4v) is 2.55. The molecule has 20 heavy (non-hydrogen) atoms. The molecule has 0 saturated heterocycles. The van der Waals surface area contributed by atoms with Gasteiger partial charge in [0.1, 0.15) is 0 Å². The Morgan fingerprint density at radius 2 is 1.60 bits per heavy atom. The summed E-state index contributed by atoms with van der Waals surface area (Å²) >= 11 is 0. The standard InChI is InChI=1S/C18H31NO/c1-14(2)11-18(6,20)13-19-12-15-7-9-16(10-8-15)17(3,4)5/h7-10,14,19-20H,11-13H2,1-6H3. The van der Waals surface area contributed by atoms with Crippen LogP contribution in [0, 0.1) is 5.92 Å². The first-order valence-corrected chi connectivity index (χ1v) is 7.63. The summed E-state index contributed by atoms with van der Waals surface area (Å²) in [4.78, 5) is 0. The molecule has 2 nitrogen and oxygen atoms in total. The van der Waals surface area contributed by atoms with E-state index < -0.39 is 5.60 Å². The largest absolute Gasteiger partial charge is 0.389 e. The maximum absolute atomic E-state index is 10.3. The first kappa shape index (κ1) is 17.2. The third-order valence-corrected chi connectivity index (χ3v) is 3.50. The van der Waals surface area contributed by atoms with E-state index in [4.69, 9.17) is 0 Å². The number of hydrogen-bond acceptors (Lipinski definition) is 2. The van der Waals surface area contributed by atoms with Crippen LogP contribution in [0.2, 0.25) is 0 Å². The van der Waals surface area contributed by atoms with E-state index in [1.54, 1.807) is 0 Å². The van der Waals surface area contributed by atoms with Crippen molar-refractivity contribution in [2.24, 2.45) is 5.92 Å². The molecule has 0 heterocycles. The van der Waals surface area contributed by atoms with Gasteiger partial charge in [-0.2, -0.15) is 0 Å². The van der Waals surface area contributed by atoms with Crippen molar-refractivity contribution in [1.82, 2.24) is 5.32 Å². The molecule has 0 bridgehead atoms. The van der Waals surface area contributed by atoms with Crippen LogP contribution in [0.5, 0.6) is 0 Å². The average Bonchev–Trinajstić information content (AvgIpc) is 2.26. The van der Waals surface area contributed by atoms with Crippen molar-refractivity contribution in [2.75, 3.05) is 6.54 Å². The second-order valence-corrected chi connectivity index (χ2v) is 7.65. The summed E-state index contributed by atoms with van der Waals surface area (Å²) in [6, 6.07) is 8.74. The van der Waals surface area contributed by atoms with E-state index in [1.165, 1.54) is 11.1 Å². The number of benzene rings is 1. The molecule has 0 saturated carbocycles. The lowest BCUT2D eigenvalue weighted by Crippen LogP contribution is -2.38. The normalized spacial score (nSPS) is 15.4. The molecular formula is C18H31NO. The van der Waals surface area contributed by atoms with Crippen LogP contribution in [0.25, 0.3) is 0 Å². The fraction of sp³-hybridized carbons (Fsp3) is 0.667. The van der Waals surface area contributed by atoms with Gasteiger partial charge >= 0.3 is 0 Å². The van der Waals surface area contributed by atoms with Gasteiger partial charge in [-0.25, -0.2) is 0 Å². The van der Waals surface area contributed by atoms with Gasteiger partial charge in [-0.3, -0.25) is 0 Å². The number of aliphatic hydroxyl groups is 1. The van der Waals surface area contributed by atoms with Crippen molar-refractivity contribution in [2.45, 2.75) is 65.5 Å². The van der Waals surface area contributed by atoms with Crippen LogP contribution in [-0.4, -0.2) is 17.3 Å². The first-order valence-electron chi connectivity index (χ1n) is 7.63. The fourth-order valence-electron chi connectivity index (χ4n) is 2.55. The molecule has 1 atom stereocenters. The van der Waals surface area contributed by atoms with Crippen LogP contribution in [0.15, 0.2) is 24.3 Å². The summed E-state index contributed by atoms with van der Waals surface area (Å²) in [5, 5.41) is 13.6. The molecule has 0 radical (unpaired) electrons. The zero-order chi connectivity index (χ0) is 15.4. The highest BCUT2D eigenvalue weighted by molar-refractivity contribution is 5.27. The molecule has 0 amide bonds. The van der Waals surface area contributed by atoms with Gasteiger partial charge in [0.05, 0.1) is 5.60 Å². The first-order chi connectivity index (χ1) is 9.10. The number of nitrogens with one attached hydrogen (secondary N) is 1. The molecule has 1 aromatic rings. The van der Waals surface area contributed by atoms with Gasteiger partial charge in [0.25, 0.3) is 0 Å². The highest BCUT2D eigenvalue weighted by atomic mass is 16.3. The summed E-state index contributed by atoms with van der Waals surface area (Å²) in [6.07, 6.45) is 0.822. The Morgan fingerprint density at radius 3 is 2.05 bits per heavy atom. The zero-order valence-electron chi connectivity index (χ0n) is 14.0. The lowest BCUT2D eigenvalue weighted by atomic mass is 9.87. The Hall–Kier alpha value is -0.860. The number of hydrogen-bond donors (Lipinski definition) is 2. The van der Waals surface area contributed by atoms with Crippen LogP contribution < -0.4 is 5.32 Å². The Kier molecular flexibility index (Phi) is 5.79. The quantitative estimate of drug-likeness (QED) is 0.827. The third-order valence-electron chi connectivity index (χ3n) is 3.50. The van der Waals surface area contributed by atoms with Crippen molar-refractivity contribution in [3.8, 4) is 0 Å². The predicted molar refractivity (Wildman–Crippen MR) is 86.9 cm³/mol. The van der Waals surface area contributed by atoms with E-state index in [2.05, 4.69) is 64.2 Å². The minimum Gasteiger partial charge on any atom is -0.389 e. The zero-order valence-corrected chi connectivity index (χ0v) is 14.0. The smallest absolute Gasteiger partial charge is 0.0746 e. The van der Waals surface area contributed by atoms with Gasteiger partial charge in [-0.05, 0) is 35.8 Å². The third kappa shape index (κ3) is 6.06. The van der Waals surface area contributed by atoms with Gasteiger partial charge in [0, 0.05) is 13.1 Å². The van der Waals surface area contributed by atoms with Crippen LogP contribution in [0.3, 0.4) is 0 Å². The highest BCUT2D eigenvalue weighted by Gasteiger charge is 2.21. The predicted octanol–water partition coefficient (Wildman–Crippen LogP) is 3.87. The maximum atomic E-state index is 10.3. The molecule has 0 aromatic heterocycles. The van der Waals surface area contributed by atoms with E-state index in [-0.39, 0.29) is 5.41 Å². The monoisotopic (exact) mass is 277 g/mol. The van der Waals surface area contributed by atoms with E-state index >= 15 is 0 Å². The Morgan fingerprint density at radius 1 is 1.05 bits per heavy atom. The molecular weight excluding hydrogens is 246 g/mol. The summed E-state index contributed by atoms with van der Waals surface area (Å²) in [7, 11) is 0. The van der Waals surface area contributed by atoms with Crippen molar-refractivity contribution in [1.29, 1.82) is 0 Å². The minimum atomic E-state index is -0.625. The maximum Gasteiger partial charge on any atom is 0.0746 e. The molecule has 1 rings (SSSR count). The van der Waals surface area contributed by atoms with Crippen molar-refractivity contribution in [3.63, 3.8) is 0 Å².